The van der Waals surface area contributed by atoms with Gasteiger partial charge in [0.25, 0.3) is 0 Å². The summed E-state index contributed by atoms with van der Waals surface area (Å²) in [5.74, 6) is 0. The van der Waals surface area contributed by atoms with Crippen LogP contribution in [0.15, 0.2) is 23.4 Å². The maximum atomic E-state index is 12.6. The molecule has 2 rings (SSSR count). The molecule has 1 unspecified atom stereocenters. The lowest BCUT2D eigenvalue weighted by molar-refractivity contribution is -0.00700. The fourth-order valence-electron chi connectivity index (χ4n) is 3.24. The number of hydrogen-bond acceptors (Lipinski definition) is 4. The smallest absolute Gasteiger partial charge is 0.415 e. The summed E-state index contributed by atoms with van der Waals surface area (Å²) in [7, 11) is 1.71. The molecule has 1 amide bonds. The number of methoxy groups -OCH3 is 1. The van der Waals surface area contributed by atoms with E-state index < -0.39 is 5.60 Å². The normalized spacial score (nSPS) is 23.8. The highest BCUT2D eigenvalue weighted by molar-refractivity contribution is 5.76. The lowest BCUT2D eigenvalue weighted by Crippen LogP contribution is -2.52. The van der Waals surface area contributed by atoms with Crippen molar-refractivity contribution in [2.45, 2.75) is 70.6 Å². The summed E-state index contributed by atoms with van der Waals surface area (Å²) in [6.07, 6.45) is 6.99. The number of rotatable bonds is 6. The first kappa shape index (κ1) is 18.0. The molecule has 1 atom stereocenters. The van der Waals surface area contributed by atoms with Gasteiger partial charge >= 0.3 is 6.09 Å². The Bertz CT molecular complexity index is 513. The van der Waals surface area contributed by atoms with Crippen LogP contribution in [0.5, 0.6) is 0 Å². The van der Waals surface area contributed by atoms with Crippen LogP contribution >= 0.6 is 0 Å². The Labute approximate surface area is 139 Å². The van der Waals surface area contributed by atoms with Gasteiger partial charge in [-0.1, -0.05) is 19.9 Å². The van der Waals surface area contributed by atoms with Gasteiger partial charge in [0.2, 0.25) is 0 Å². The third kappa shape index (κ3) is 3.61. The molecule has 0 radical (unpaired) electrons. The molecule has 1 heterocycles. The zero-order valence-corrected chi connectivity index (χ0v) is 15.0. The Morgan fingerprint density at radius 1 is 1.43 bits per heavy atom. The van der Waals surface area contributed by atoms with Gasteiger partial charge in [-0.05, 0) is 45.6 Å². The van der Waals surface area contributed by atoms with Gasteiger partial charge < -0.3 is 15.2 Å². The van der Waals surface area contributed by atoms with E-state index in [9.17, 15) is 4.79 Å². The van der Waals surface area contributed by atoms with Crippen LogP contribution in [0.4, 0.5) is 4.79 Å². The largest absolute Gasteiger partial charge is 0.438 e. The van der Waals surface area contributed by atoms with E-state index in [0.717, 1.165) is 30.5 Å². The minimum Gasteiger partial charge on any atom is -0.438 e. The van der Waals surface area contributed by atoms with Crippen molar-refractivity contribution in [3.05, 3.63) is 23.4 Å². The van der Waals surface area contributed by atoms with Crippen molar-refractivity contribution >= 4 is 6.09 Å². The van der Waals surface area contributed by atoms with Crippen molar-refractivity contribution in [2.75, 3.05) is 13.7 Å². The number of nitrogens with zero attached hydrogens (tertiary/aromatic N) is 1. The van der Waals surface area contributed by atoms with Gasteiger partial charge in [-0.3, -0.25) is 4.90 Å². The summed E-state index contributed by atoms with van der Waals surface area (Å²) >= 11 is 0. The zero-order chi connectivity index (χ0) is 17.3. The molecule has 1 saturated heterocycles. The van der Waals surface area contributed by atoms with Gasteiger partial charge in [0, 0.05) is 24.8 Å². The van der Waals surface area contributed by atoms with E-state index in [1.165, 1.54) is 0 Å². The van der Waals surface area contributed by atoms with Crippen LogP contribution in [0.25, 0.3) is 0 Å². The zero-order valence-electron chi connectivity index (χ0n) is 15.0. The number of cyclic esters (lactones) is 1. The van der Waals surface area contributed by atoms with Crippen molar-refractivity contribution in [3.8, 4) is 0 Å². The van der Waals surface area contributed by atoms with Gasteiger partial charge in [-0.25, -0.2) is 4.79 Å². The number of amides is 1. The first-order valence-corrected chi connectivity index (χ1v) is 8.51. The molecule has 0 aromatic carbocycles. The average molecular weight is 322 g/mol. The standard InChI is InChI=1S/C18H30N2O3/c1-6-18(7-2)14-12-13(22-5)8-9-15(14)20(16(21)23-18)11-10-17(3,4)19/h9,12-13H,6-8,10-11,19H2,1-5H3. The Balaban J connectivity index is 2.35. The maximum absolute atomic E-state index is 12.6. The highest BCUT2D eigenvalue weighted by Gasteiger charge is 2.46. The van der Waals surface area contributed by atoms with Crippen LogP contribution in [-0.4, -0.2) is 41.9 Å². The number of ether oxygens (including phenoxy) is 2. The van der Waals surface area contributed by atoms with Gasteiger partial charge in [-0.15, -0.1) is 0 Å². The fourth-order valence-corrected chi connectivity index (χ4v) is 3.24. The lowest BCUT2D eigenvalue weighted by Gasteiger charge is -2.46. The molecule has 1 fully saturated rings. The van der Waals surface area contributed by atoms with Crippen LogP contribution in [-0.2, 0) is 9.47 Å². The topological polar surface area (TPSA) is 64.8 Å². The summed E-state index contributed by atoms with van der Waals surface area (Å²) in [5, 5.41) is 0. The molecule has 0 bridgehead atoms. The van der Waals surface area contributed by atoms with E-state index in [4.69, 9.17) is 15.2 Å². The van der Waals surface area contributed by atoms with E-state index in [0.29, 0.717) is 13.0 Å². The van der Waals surface area contributed by atoms with Crippen LogP contribution in [0.3, 0.4) is 0 Å². The first-order valence-electron chi connectivity index (χ1n) is 8.51. The lowest BCUT2D eigenvalue weighted by atomic mass is 9.80. The van der Waals surface area contributed by atoms with E-state index in [1.807, 2.05) is 13.8 Å². The van der Waals surface area contributed by atoms with Gasteiger partial charge in [-0.2, -0.15) is 0 Å². The molecule has 2 N–H and O–H groups in total. The molecule has 130 valence electrons. The van der Waals surface area contributed by atoms with E-state index in [1.54, 1.807) is 12.0 Å². The molecule has 23 heavy (non-hydrogen) atoms. The van der Waals surface area contributed by atoms with Crippen molar-refractivity contribution in [2.24, 2.45) is 5.73 Å². The number of fused-ring (bicyclic) bond motifs is 1. The van der Waals surface area contributed by atoms with Crippen LogP contribution < -0.4 is 5.73 Å². The predicted molar refractivity (Wildman–Crippen MR) is 91.0 cm³/mol. The van der Waals surface area contributed by atoms with Crippen molar-refractivity contribution in [1.82, 2.24) is 4.90 Å². The van der Waals surface area contributed by atoms with Crippen LogP contribution in [0.2, 0.25) is 0 Å². The molecule has 1 aliphatic carbocycles. The second-order valence-corrected chi connectivity index (χ2v) is 7.14. The Kier molecular flexibility index (Phi) is 5.21. The van der Waals surface area contributed by atoms with Crippen molar-refractivity contribution < 1.29 is 14.3 Å². The highest BCUT2D eigenvalue weighted by Crippen LogP contribution is 2.43. The summed E-state index contributed by atoms with van der Waals surface area (Å²) in [6.45, 7) is 8.62. The van der Waals surface area contributed by atoms with Crippen LogP contribution in [0.1, 0.15) is 53.4 Å². The summed E-state index contributed by atoms with van der Waals surface area (Å²) < 4.78 is 11.4. The third-order valence-electron chi connectivity index (χ3n) is 4.88. The molecule has 0 aromatic rings. The molecule has 0 aromatic heterocycles. The monoisotopic (exact) mass is 322 g/mol. The van der Waals surface area contributed by atoms with Crippen molar-refractivity contribution in [1.29, 1.82) is 0 Å². The SMILES string of the molecule is CCC1(CC)OC(=O)N(CCC(C)(C)N)C2=CCC(OC)C=C21. The maximum Gasteiger partial charge on any atom is 0.415 e. The second kappa shape index (κ2) is 6.65. The van der Waals surface area contributed by atoms with E-state index >= 15 is 0 Å². The van der Waals surface area contributed by atoms with Gasteiger partial charge in [0.1, 0.15) is 5.60 Å². The summed E-state index contributed by atoms with van der Waals surface area (Å²) in [4.78, 5) is 14.3. The van der Waals surface area contributed by atoms with E-state index in [2.05, 4.69) is 26.0 Å². The number of nitrogens with two attached hydrogens (primary N) is 1. The molecule has 2 aliphatic rings. The number of carbonyl (C=O) groups is 1. The number of hydrogen-bond donors (Lipinski definition) is 1. The number of carbonyl (C=O) groups excluding carboxylic acids is 1. The summed E-state index contributed by atoms with van der Waals surface area (Å²) in [5.41, 5.74) is 7.27. The Morgan fingerprint density at radius 2 is 2.09 bits per heavy atom. The Morgan fingerprint density at radius 3 is 2.61 bits per heavy atom. The average Bonchev–Trinajstić information content (AvgIpc) is 2.52. The molecule has 1 aliphatic heterocycles. The molecule has 5 nitrogen and oxygen atoms in total. The van der Waals surface area contributed by atoms with E-state index in [-0.39, 0.29) is 17.7 Å². The first-order chi connectivity index (χ1) is 10.8. The second-order valence-electron chi connectivity index (χ2n) is 7.14. The highest BCUT2D eigenvalue weighted by atomic mass is 16.6. The van der Waals surface area contributed by atoms with Gasteiger partial charge in [0.15, 0.2) is 0 Å². The minimum absolute atomic E-state index is 0.0378. The minimum atomic E-state index is -0.547. The van der Waals surface area contributed by atoms with Gasteiger partial charge in [0.05, 0.1) is 11.8 Å². The van der Waals surface area contributed by atoms with Crippen LogP contribution in [0, 0.1) is 0 Å². The Hall–Kier alpha value is -1.33. The molecule has 0 saturated carbocycles. The third-order valence-corrected chi connectivity index (χ3v) is 4.88. The quantitative estimate of drug-likeness (QED) is 0.814. The molecule has 0 spiro atoms. The molecular weight excluding hydrogens is 292 g/mol. The predicted octanol–water partition coefficient (Wildman–Crippen LogP) is 3.35. The molecular formula is C18H30N2O3. The van der Waals surface area contributed by atoms with Crippen molar-refractivity contribution in [3.63, 3.8) is 0 Å². The molecule has 5 heteroatoms. The fraction of sp³-hybridized carbons (Fsp3) is 0.722. The summed E-state index contributed by atoms with van der Waals surface area (Å²) in [6, 6.07) is 0.